The molecule has 0 amide bonds. The Balaban J connectivity index is 1.44. The summed E-state index contributed by atoms with van der Waals surface area (Å²) in [6.45, 7) is 1.00. The summed E-state index contributed by atoms with van der Waals surface area (Å²) in [7, 11) is 0. The van der Waals surface area contributed by atoms with Crippen LogP contribution in [0.4, 0.5) is 0 Å². The third kappa shape index (κ3) is 3.52. The Kier molecular flexibility index (Phi) is 4.81. The number of hydrogen-bond acceptors (Lipinski definition) is 2. The van der Waals surface area contributed by atoms with Gasteiger partial charge in [0.25, 0.3) is 0 Å². The Morgan fingerprint density at radius 1 is 0.632 bits per heavy atom. The van der Waals surface area contributed by atoms with E-state index in [-0.39, 0.29) is 6.10 Å². The van der Waals surface area contributed by atoms with E-state index in [1.807, 2.05) is 0 Å². The quantitative estimate of drug-likeness (QED) is 0.821. The van der Waals surface area contributed by atoms with E-state index in [4.69, 9.17) is 4.74 Å². The molecule has 2 heteroatoms. The van der Waals surface area contributed by atoms with E-state index in [0.717, 1.165) is 37.2 Å². The second-order valence-corrected chi connectivity index (χ2v) is 7.18. The van der Waals surface area contributed by atoms with Crippen molar-refractivity contribution in [1.29, 1.82) is 0 Å². The Morgan fingerprint density at radius 2 is 1.32 bits per heavy atom. The van der Waals surface area contributed by atoms with E-state index in [1.165, 1.54) is 57.8 Å². The SMILES string of the molecule is OC1CCC(C2CCC(C3CCCCC3)OC2)CC1. The molecule has 0 aromatic heterocycles. The van der Waals surface area contributed by atoms with Gasteiger partial charge in [-0.15, -0.1) is 0 Å². The molecule has 1 N–H and O–H groups in total. The number of hydrogen-bond donors (Lipinski definition) is 1. The monoisotopic (exact) mass is 266 g/mol. The molecule has 3 fully saturated rings. The zero-order valence-electron chi connectivity index (χ0n) is 12.2. The molecule has 1 aliphatic heterocycles. The lowest BCUT2D eigenvalue weighted by molar-refractivity contribution is -0.0735. The summed E-state index contributed by atoms with van der Waals surface area (Å²) in [5, 5.41) is 9.61. The third-order valence-electron chi connectivity index (χ3n) is 5.93. The molecule has 1 heterocycles. The number of rotatable bonds is 2. The normalized spacial score (nSPS) is 42.2. The van der Waals surface area contributed by atoms with E-state index in [1.54, 1.807) is 0 Å². The molecule has 3 rings (SSSR count). The molecule has 2 saturated carbocycles. The molecule has 2 aliphatic carbocycles. The molecule has 0 aromatic carbocycles. The minimum atomic E-state index is -0.0178. The molecule has 3 aliphatic rings. The predicted molar refractivity (Wildman–Crippen MR) is 77.0 cm³/mol. The molecule has 0 spiro atoms. The summed E-state index contributed by atoms with van der Waals surface area (Å²) in [5.41, 5.74) is 0. The summed E-state index contributed by atoms with van der Waals surface area (Å²) in [6.07, 6.45) is 14.8. The van der Waals surface area contributed by atoms with Gasteiger partial charge in [0, 0.05) is 0 Å². The summed E-state index contributed by atoms with van der Waals surface area (Å²) in [5.74, 6) is 2.48. The van der Waals surface area contributed by atoms with Gasteiger partial charge in [-0.25, -0.2) is 0 Å². The van der Waals surface area contributed by atoms with Crippen LogP contribution in [0.2, 0.25) is 0 Å². The van der Waals surface area contributed by atoms with Crippen LogP contribution < -0.4 is 0 Å². The summed E-state index contributed by atoms with van der Waals surface area (Å²) < 4.78 is 6.25. The summed E-state index contributed by atoms with van der Waals surface area (Å²) >= 11 is 0. The van der Waals surface area contributed by atoms with Gasteiger partial charge in [0.15, 0.2) is 0 Å². The highest BCUT2D eigenvalue weighted by molar-refractivity contribution is 4.83. The van der Waals surface area contributed by atoms with Crippen LogP contribution in [0.1, 0.15) is 70.6 Å². The second-order valence-electron chi connectivity index (χ2n) is 7.18. The molecule has 2 unspecified atom stereocenters. The maximum Gasteiger partial charge on any atom is 0.0603 e. The first-order valence-electron chi connectivity index (χ1n) is 8.62. The van der Waals surface area contributed by atoms with Crippen LogP contribution in [-0.2, 0) is 4.74 Å². The topological polar surface area (TPSA) is 29.5 Å². The lowest BCUT2D eigenvalue weighted by atomic mass is 9.74. The van der Waals surface area contributed by atoms with E-state index in [9.17, 15) is 5.11 Å². The van der Waals surface area contributed by atoms with Gasteiger partial charge in [0.2, 0.25) is 0 Å². The van der Waals surface area contributed by atoms with Crippen molar-refractivity contribution in [2.24, 2.45) is 17.8 Å². The molecule has 2 nitrogen and oxygen atoms in total. The fourth-order valence-corrected chi connectivity index (χ4v) is 4.61. The Bertz CT molecular complexity index is 256. The van der Waals surface area contributed by atoms with Gasteiger partial charge < -0.3 is 9.84 Å². The molecule has 1 saturated heterocycles. The standard InChI is InChI=1S/C17H30O2/c18-16-9-6-13(7-10-16)15-8-11-17(19-12-15)14-4-2-1-3-5-14/h13-18H,1-12H2. The molecule has 0 aromatic rings. The molecule has 0 radical (unpaired) electrons. The zero-order valence-corrected chi connectivity index (χ0v) is 12.2. The van der Waals surface area contributed by atoms with Crippen molar-refractivity contribution < 1.29 is 9.84 Å². The van der Waals surface area contributed by atoms with Crippen LogP contribution in [0.5, 0.6) is 0 Å². The minimum absolute atomic E-state index is 0.0178. The Morgan fingerprint density at radius 3 is 1.95 bits per heavy atom. The molecular weight excluding hydrogens is 236 g/mol. The molecule has 110 valence electrons. The van der Waals surface area contributed by atoms with Crippen LogP contribution in [0, 0.1) is 17.8 Å². The zero-order chi connectivity index (χ0) is 13.1. The first-order chi connectivity index (χ1) is 9.33. The number of aliphatic hydroxyl groups excluding tert-OH is 1. The highest BCUT2D eigenvalue weighted by Gasteiger charge is 2.33. The van der Waals surface area contributed by atoms with Crippen LogP contribution in [0.3, 0.4) is 0 Å². The van der Waals surface area contributed by atoms with Crippen molar-refractivity contribution in [3.05, 3.63) is 0 Å². The van der Waals surface area contributed by atoms with Crippen molar-refractivity contribution in [3.8, 4) is 0 Å². The van der Waals surface area contributed by atoms with E-state index in [2.05, 4.69) is 0 Å². The van der Waals surface area contributed by atoms with Crippen molar-refractivity contribution in [2.45, 2.75) is 82.8 Å². The third-order valence-corrected chi connectivity index (χ3v) is 5.93. The van der Waals surface area contributed by atoms with Crippen LogP contribution in [0.15, 0.2) is 0 Å². The average Bonchev–Trinajstić information content (AvgIpc) is 2.49. The van der Waals surface area contributed by atoms with Crippen molar-refractivity contribution in [3.63, 3.8) is 0 Å². The van der Waals surface area contributed by atoms with Crippen molar-refractivity contribution in [2.75, 3.05) is 6.61 Å². The van der Waals surface area contributed by atoms with Crippen LogP contribution >= 0.6 is 0 Å². The van der Waals surface area contributed by atoms with Gasteiger partial charge in [-0.1, -0.05) is 19.3 Å². The summed E-state index contributed by atoms with van der Waals surface area (Å²) in [6, 6.07) is 0. The Labute approximate surface area is 117 Å². The fraction of sp³-hybridized carbons (Fsp3) is 1.00. The largest absolute Gasteiger partial charge is 0.393 e. The smallest absolute Gasteiger partial charge is 0.0603 e. The van der Waals surface area contributed by atoms with Gasteiger partial charge in [0.05, 0.1) is 18.8 Å². The van der Waals surface area contributed by atoms with E-state index < -0.39 is 0 Å². The molecule has 19 heavy (non-hydrogen) atoms. The van der Waals surface area contributed by atoms with Crippen LogP contribution in [0.25, 0.3) is 0 Å². The lowest BCUT2D eigenvalue weighted by Gasteiger charge is -2.40. The van der Waals surface area contributed by atoms with Crippen molar-refractivity contribution in [1.82, 2.24) is 0 Å². The summed E-state index contributed by atoms with van der Waals surface area (Å²) in [4.78, 5) is 0. The fourth-order valence-electron chi connectivity index (χ4n) is 4.61. The minimum Gasteiger partial charge on any atom is -0.393 e. The maximum atomic E-state index is 9.61. The lowest BCUT2D eigenvalue weighted by Crippen LogP contribution is -2.36. The van der Waals surface area contributed by atoms with Crippen LogP contribution in [-0.4, -0.2) is 23.9 Å². The molecule has 2 atom stereocenters. The Hall–Kier alpha value is -0.0800. The maximum absolute atomic E-state index is 9.61. The van der Waals surface area contributed by atoms with Gasteiger partial charge in [0.1, 0.15) is 0 Å². The highest BCUT2D eigenvalue weighted by atomic mass is 16.5. The molecule has 0 bridgehead atoms. The van der Waals surface area contributed by atoms with E-state index in [0.29, 0.717) is 6.10 Å². The average molecular weight is 266 g/mol. The van der Waals surface area contributed by atoms with Gasteiger partial charge in [-0.2, -0.15) is 0 Å². The van der Waals surface area contributed by atoms with Gasteiger partial charge in [-0.05, 0) is 69.1 Å². The van der Waals surface area contributed by atoms with Crippen molar-refractivity contribution >= 4 is 0 Å². The highest BCUT2D eigenvalue weighted by Crippen LogP contribution is 2.39. The van der Waals surface area contributed by atoms with E-state index >= 15 is 0 Å². The number of ether oxygens (including phenoxy) is 1. The van der Waals surface area contributed by atoms with Gasteiger partial charge in [-0.3, -0.25) is 0 Å². The number of aliphatic hydroxyl groups is 1. The first kappa shape index (κ1) is 13.9. The second kappa shape index (κ2) is 6.58. The molecular formula is C17H30O2. The predicted octanol–water partition coefficient (Wildman–Crippen LogP) is 3.91. The van der Waals surface area contributed by atoms with Gasteiger partial charge >= 0.3 is 0 Å². The first-order valence-corrected chi connectivity index (χ1v) is 8.62.